The van der Waals surface area contributed by atoms with Gasteiger partial charge in [-0.25, -0.2) is 0 Å². The molecule has 0 saturated heterocycles. The van der Waals surface area contributed by atoms with Crippen molar-refractivity contribution < 1.29 is 9.59 Å². The Kier molecular flexibility index (Phi) is 5.68. The molecule has 0 aliphatic carbocycles. The second kappa shape index (κ2) is 7.73. The molecule has 1 aromatic heterocycles. The lowest BCUT2D eigenvalue weighted by atomic mass is 10.1. The van der Waals surface area contributed by atoms with Crippen LogP contribution in [0.5, 0.6) is 0 Å². The third kappa shape index (κ3) is 4.19. The highest BCUT2D eigenvalue weighted by molar-refractivity contribution is 7.14. The summed E-state index contributed by atoms with van der Waals surface area (Å²) in [5.74, 6) is -0.792. The minimum Gasteiger partial charge on any atom is -0.366 e. The molecule has 2 aromatic rings. The van der Waals surface area contributed by atoms with Gasteiger partial charge in [0.1, 0.15) is 5.00 Å². The predicted molar refractivity (Wildman–Crippen MR) is 93.6 cm³/mol. The summed E-state index contributed by atoms with van der Waals surface area (Å²) in [7, 11) is 1.83. The molecular formula is C17H18N4O2S. The number of thiophene rings is 1. The number of nitriles is 1. The number of nitrogens with one attached hydrogen (secondary N) is 1. The summed E-state index contributed by atoms with van der Waals surface area (Å²) in [6.07, 6.45) is 0. The van der Waals surface area contributed by atoms with Crippen molar-refractivity contribution in [2.75, 3.05) is 12.4 Å². The Labute approximate surface area is 144 Å². The molecule has 2 amide bonds. The second-order valence-electron chi connectivity index (χ2n) is 5.42. The molecule has 3 N–H and O–H groups in total. The van der Waals surface area contributed by atoms with Crippen molar-refractivity contribution >= 4 is 28.2 Å². The predicted octanol–water partition coefficient (Wildman–Crippen LogP) is 2.18. The normalized spacial score (nSPS) is 11.8. The van der Waals surface area contributed by atoms with E-state index in [4.69, 9.17) is 11.0 Å². The van der Waals surface area contributed by atoms with Crippen LogP contribution in [0.1, 0.15) is 28.4 Å². The Bertz CT molecular complexity index is 794. The summed E-state index contributed by atoms with van der Waals surface area (Å²) in [5, 5.41) is 13.9. The number of nitrogens with two attached hydrogens (primary N) is 1. The zero-order valence-electron chi connectivity index (χ0n) is 13.4. The van der Waals surface area contributed by atoms with Gasteiger partial charge in [0, 0.05) is 6.54 Å². The van der Waals surface area contributed by atoms with Gasteiger partial charge in [0.25, 0.3) is 5.91 Å². The first-order valence-electron chi connectivity index (χ1n) is 7.29. The number of benzene rings is 1. The molecule has 1 unspecified atom stereocenters. The zero-order valence-corrected chi connectivity index (χ0v) is 14.3. The van der Waals surface area contributed by atoms with Crippen LogP contribution in [0.3, 0.4) is 0 Å². The van der Waals surface area contributed by atoms with Crippen LogP contribution in [0.15, 0.2) is 35.7 Å². The Hall–Kier alpha value is -2.69. The average Bonchev–Trinajstić information content (AvgIpc) is 3.02. The van der Waals surface area contributed by atoms with Crippen LogP contribution in [0.4, 0.5) is 5.00 Å². The summed E-state index contributed by atoms with van der Waals surface area (Å²) < 4.78 is 0. The molecule has 0 fully saturated rings. The number of rotatable bonds is 6. The Balaban J connectivity index is 2.03. The lowest BCUT2D eigenvalue weighted by Gasteiger charge is -2.24. The van der Waals surface area contributed by atoms with E-state index in [1.807, 2.05) is 24.1 Å². The van der Waals surface area contributed by atoms with Crippen LogP contribution >= 0.6 is 11.3 Å². The number of carbonyl (C=O) groups excluding carboxylic acids is 2. The molecule has 0 aliphatic heterocycles. The fraction of sp³-hybridized carbons (Fsp3) is 0.235. The summed E-state index contributed by atoms with van der Waals surface area (Å²) in [5.41, 5.74) is 7.12. The van der Waals surface area contributed by atoms with Crippen LogP contribution in [-0.4, -0.2) is 29.8 Å². The van der Waals surface area contributed by atoms with E-state index >= 15 is 0 Å². The van der Waals surface area contributed by atoms with Crippen LogP contribution in [0.2, 0.25) is 0 Å². The molecule has 24 heavy (non-hydrogen) atoms. The number of amides is 2. The first kappa shape index (κ1) is 17.7. The molecule has 2 rings (SSSR count). The summed E-state index contributed by atoms with van der Waals surface area (Å²) in [6, 6.07) is 10.5. The summed E-state index contributed by atoms with van der Waals surface area (Å²) in [6.45, 7) is 2.30. The molecule has 0 spiro atoms. The second-order valence-corrected chi connectivity index (χ2v) is 6.34. The molecule has 0 bridgehead atoms. The van der Waals surface area contributed by atoms with Crippen molar-refractivity contribution in [1.82, 2.24) is 4.90 Å². The Morgan fingerprint density at radius 3 is 2.83 bits per heavy atom. The average molecular weight is 342 g/mol. The molecular weight excluding hydrogens is 324 g/mol. The number of primary amides is 1. The van der Waals surface area contributed by atoms with Gasteiger partial charge in [-0.2, -0.15) is 5.26 Å². The highest BCUT2D eigenvalue weighted by Gasteiger charge is 2.20. The van der Waals surface area contributed by atoms with E-state index in [0.29, 0.717) is 22.7 Å². The first-order chi connectivity index (χ1) is 11.4. The highest BCUT2D eigenvalue weighted by Crippen LogP contribution is 2.23. The monoisotopic (exact) mass is 342 g/mol. The number of hydrogen-bond donors (Lipinski definition) is 2. The van der Waals surface area contributed by atoms with Gasteiger partial charge < -0.3 is 11.1 Å². The number of anilines is 1. The fourth-order valence-corrected chi connectivity index (χ4v) is 2.98. The van der Waals surface area contributed by atoms with Crippen molar-refractivity contribution in [3.05, 3.63) is 52.4 Å². The van der Waals surface area contributed by atoms with E-state index in [9.17, 15) is 9.59 Å². The molecule has 0 radical (unpaired) electrons. The van der Waals surface area contributed by atoms with E-state index in [-0.39, 0.29) is 5.91 Å². The molecule has 1 heterocycles. The number of likely N-dealkylation sites (N-methyl/N-ethyl adjacent to an activating group) is 1. The zero-order chi connectivity index (χ0) is 17.7. The maximum absolute atomic E-state index is 12.4. The number of carbonyl (C=O) groups is 2. The maximum Gasteiger partial charge on any atom is 0.251 e. The molecule has 0 saturated carbocycles. The first-order valence-corrected chi connectivity index (χ1v) is 8.17. The highest BCUT2D eigenvalue weighted by atomic mass is 32.1. The van der Waals surface area contributed by atoms with Crippen LogP contribution in [-0.2, 0) is 11.3 Å². The smallest absolute Gasteiger partial charge is 0.251 e. The van der Waals surface area contributed by atoms with Gasteiger partial charge in [0.05, 0.1) is 23.2 Å². The van der Waals surface area contributed by atoms with Crippen LogP contribution < -0.4 is 11.1 Å². The minimum atomic E-state index is -0.569. The minimum absolute atomic E-state index is 0.223. The number of hydrogen-bond acceptors (Lipinski definition) is 5. The topological polar surface area (TPSA) is 99.2 Å². The van der Waals surface area contributed by atoms with Gasteiger partial charge in [-0.3, -0.25) is 14.5 Å². The largest absolute Gasteiger partial charge is 0.366 e. The van der Waals surface area contributed by atoms with E-state index < -0.39 is 11.9 Å². The quantitative estimate of drug-likeness (QED) is 0.840. The fourth-order valence-electron chi connectivity index (χ4n) is 2.18. The molecule has 0 aliphatic rings. The van der Waals surface area contributed by atoms with Gasteiger partial charge in [-0.05, 0) is 43.1 Å². The lowest BCUT2D eigenvalue weighted by Crippen LogP contribution is -2.39. The van der Waals surface area contributed by atoms with Crippen molar-refractivity contribution in [1.29, 1.82) is 5.26 Å². The van der Waals surface area contributed by atoms with E-state index in [1.54, 1.807) is 30.5 Å². The molecule has 6 nitrogen and oxygen atoms in total. The van der Waals surface area contributed by atoms with Crippen molar-refractivity contribution in [2.24, 2.45) is 5.73 Å². The standard InChI is InChI=1S/C17H18N4O2S/c1-11(16(23)20-17-14(15(19)22)6-7-24-17)21(2)10-13-5-3-4-12(8-13)9-18/h3-8,11H,10H2,1-2H3,(H2,19,22)(H,20,23). The molecule has 1 aromatic carbocycles. The van der Waals surface area contributed by atoms with E-state index in [0.717, 1.165) is 5.56 Å². The van der Waals surface area contributed by atoms with Gasteiger partial charge in [0.2, 0.25) is 5.91 Å². The van der Waals surface area contributed by atoms with Crippen molar-refractivity contribution in [3.8, 4) is 6.07 Å². The summed E-state index contributed by atoms with van der Waals surface area (Å²) >= 11 is 1.26. The molecule has 7 heteroatoms. The molecule has 1 atom stereocenters. The SMILES string of the molecule is CC(C(=O)Nc1sccc1C(N)=O)N(C)Cc1cccc(C#N)c1. The van der Waals surface area contributed by atoms with Gasteiger partial charge in [0.15, 0.2) is 0 Å². The van der Waals surface area contributed by atoms with E-state index in [1.165, 1.54) is 11.3 Å². The van der Waals surface area contributed by atoms with E-state index in [2.05, 4.69) is 11.4 Å². The third-order valence-electron chi connectivity index (χ3n) is 3.70. The third-order valence-corrected chi connectivity index (χ3v) is 4.53. The molecule has 124 valence electrons. The Morgan fingerprint density at radius 1 is 1.42 bits per heavy atom. The Morgan fingerprint density at radius 2 is 2.17 bits per heavy atom. The van der Waals surface area contributed by atoms with Crippen molar-refractivity contribution in [2.45, 2.75) is 19.5 Å². The van der Waals surface area contributed by atoms with Gasteiger partial charge in [-0.15, -0.1) is 11.3 Å². The lowest BCUT2D eigenvalue weighted by molar-refractivity contribution is -0.120. The van der Waals surface area contributed by atoms with Crippen LogP contribution in [0, 0.1) is 11.3 Å². The number of nitrogens with zero attached hydrogens (tertiary/aromatic N) is 2. The van der Waals surface area contributed by atoms with Crippen LogP contribution in [0.25, 0.3) is 0 Å². The maximum atomic E-state index is 12.4. The van der Waals surface area contributed by atoms with Crippen molar-refractivity contribution in [3.63, 3.8) is 0 Å². The summed E-state index contributed by atoms with van der Waals surface area (Å²) in [4.78, 5) is 25.6. The van der Waals surface area contributed by atoms with Gasteiger partial charge >= 0.3 is 0 Å². The van der Waals surface area contributed by atoms with Gasteiger partial charge in [-0.1, -0.05) is 12.1 Å².